The number of methoxy groups -OCH3 is 1. The Morgan fingerprint density at radius 1 is 1.41 bits per heavy atom. The molecule has 0 atom stereocenters. The summed E-state index contributed by atoms with van der Waals surface area (Å²) in [4.78, 5) is 4.36. The summed E-state index contributed by atoms with van der Waals surface area (Å²) in [6, 6.07) is 8.09. The van der Waals surface area contributed by atoms with Crippen molar-refractivity contribution in [1.29, 1.82) is 0 Å². The molecule has 0 aliphatic carbocycles. The molecule has 90 valence electrons. The van der Waals surface area contributed by atoms with E-state index < -0.39 is 0 Å². The number of benzene rings is 1. The van der Waals surface area contributed by atoms with E-state index in [4.69, 9.17) is 10.5 Å². The Balaban J connectivity index is 2.38. The highest BCUT2D eigenvalue weighted by atomic mass is 16.5. The number of nitrogen functional groups attached to an aromatic ring is 1. The van der Waals surface area contributed by atoms with Gasteiger partial charge in [-0.2, -0.15) is 0 Å². The number of ether oxygens (including phenoxy) is 1. The van der Waals surface area contributed by atoms with E-state index in [0.717, 1.165) is 23.4 Å². The topological polar surface area (TPSA) is 53.1 Å². The normalized spacial score (nSPS) is 10.7. The highest BCUT2D eigenvalue weighted by Gasteiger charge is 2.09. The lowest BCUT2D eigenvalue weighted by Gasteiger charge is -2.04. The lowest BCUT2D eigenvalue weighted by molar-refractivity contribution is 0.185. The molecule has 0 bridgehead atoms. The SMILES string of the molecule is CCn1cnc(-c2cccc(COC)c2)c1N. The van der Waals surface area contributed by atoms with Crippen molar-refractivity contribution in [2.75, 3.05) is 12.8 Å². The van der Waals surface area contributed by atoms with E-state index in [-0.39, 0.29) is 0 Å². The Morgan fingerprint density at radius 3 is 2.88 bits per heavy atom. The predicted molar refractivity (Wildman–Crippen MR) is 68.5 cm³/mol. The second-order valence-electron chi connectivity index (χ2n) is 3.90. The Bertz CT molecular complexity index is 505. The van der Waals surface area contributed by atoms with Gasteiger partial charge in [0.2, 0.25) is 0 Å². The zero-order valence-electron chi connectivity index (χ0n) is 10.2. The van der Waals surface area contributed by atoms with Crippen molar-refractivity contribution < 1.29 is 4.74 Å². The van der Waals surface area contributed by atoms with Gasteiger partial charge in [-0.3, -0.25) is 0 Å². The molecule has 4 heteroatoms. The molecule has 0 aliphatic rings. The zero-order valence-corrected chi connectivity index (χ0v) is 10.2. The minimum Gasteiger partial charge on any atom is -0.383 e. The number of anilines is 1. The second kappa shape index (κ2) is 5.01. The van der Waals surface area contributed by atoms with Gasteiger partial charge in [-0.25, -0.2) is 4.98 Å². The molecule has 17 heavy (non-hydrogen) atoms. The fourth-order valence-electron chi connectivity index (χ4n) is 1.84. The molecule has 1 heterocycles. The highest BCUT2D eigenvalue weighted by Crippen LogP contribution is 2.25. The van der Waals surface area contributed by atoms with Gasteiger partial charge >= 0.3 is 0 Å². The Hall–Kier alpha value is -1.81. The number of imidazole rings is 1. The quantitative estimate of drug-likeness (QED) is 0.878. The number of hydrogen-bond donors (Lipinski definition) is 1. The third kappa shape index (κ3) is 2.31. The predicted octanol–water partition coefficient (Wildman–Crippen LogP) is 2.30. The maximum Gasteiger partial charge on any atom is 0.131 e. The lowest BCUT2D eigenvalue weighted by atomic mass is 10.1. The molecule has 0 radical (unpaired) electrons. The molecule has 0 fully saturated rings. The van der Waals surface area contributed by atoms with Crippen molar-refractivity contribution in [3.8, 4) is 11.3 Å². The number of aromatic nitrogens is 2. The molecule has 0 unspecified atom stereocenters. The summed E-state index contributed by atoms with van der Waals surface area (Å²) in [6.45, 7) is 3.47. The summed E-state index contributed by atoms with van der Waals surface area (Å²) in [5, 5.41) is 0. The smallest absolute Gasteiger partial charge is 0.131 e. The summed E-state index contributed by atoms with van der Waals surface area (Å²) in [5.74, 6) is 0.710. The summed E-state index contributed by atoms with van der Waals surface area (Å²) in [7, 11) is 1.69. The van der Waals surface area contributed by atoms with Crippen molar-refractivity contribution in [2.45, 2.75) is 20.1 Å². The van der Waals surface area contributed by atoms with Gasteiger partial charge in [0.25, 0.3) is 0 Å². The van der Waals surface area contributed by atoms with E-state index in [1.807, 2.05) is 29.7 Å². The first-order chi connectivity index (χ1) is 8.26. The molecule has 1 aromatic heterocycles. The first-order valence-corrected chi connectivity index (χ1v) is 5.65. The van der Waals surface area contributed by atoms with E-state index in [9.17, 15) is 0 Å². The fraction of sp³-hybridized carbons (Fsp3) is 0.308. The van der Waals surface area contributed by atoms with E-state index >= 15 is 0 Å². The summed E-state index contributed by atoms with van der Waals surface area (Å²) < 4.78 is 7.05. The standard InChI is InChI=1S/C13H17N3O/c1-3-16-9-15-12(13(16)14)11-6-4-5-10(7-11)8-17-2/h4-7,9H,3,8,14H2,1-2H3. The van der Waals surface area contributed by atoms with Gasteiger partial charge in [0.1, 0.15) is 11.5 Å². The van der Waals surface area contributed by atoms with Gasteiger partial charge in [0.05, 0.1) is 12.9 Å². The Kier molecular flexibility index (Phi) is 3.44. The van der Waals surface area contributed by atoms with Crippen molar-refractivity contribution in [3.05, 3.63) is 36.2 Å². The Morgan fingerprint density at radius 2 is 2.24 bits per heavy atom. The van der Waals surface area contributed by atoms with Crippen LogP contribution in [0, 0.1) is 0 Å². The van der Waals surface area contributed by atoms with Crippen LogP contribution < -0.4 is 5.73 Å². The van der Waals surface area contributed by atoms with E-state index in [0.29, 0.717) is 12.4 Å². The van der Waals surface area contributed by atoms with Crippen LogP contribution in [0.2, 0.25) is 0 Å². The van der Waals surface area contributed by atoms with Crippen LogP contribution in [0.4, 0.5) is 5.82 Å². The first kappa shape index (κ1) is 11.7. The summed E-state index contributed by atoms with van der Waals surface area (Å²) >= 11 is 0. The van der Waals surface area contributed by atoms with E-state index in [2.05, 4.69) is 11.1 Å². The summed E-state index contributed by atoms with van der Waals surface area (Å²) in [5.41, 5.74) is 9.03. The van der Waals surface area contributed by atoms with Gasteiger partial charge in [0, 0.05) is 19.2 Å². The van der Waals surface area contributed by atoms with Crippen molar-refractivity contribution in [1.82, 2.24) is 9.55 Å². The molecule has 0 aliphatic heterocycles. The second-order valence-corrected chi connectivity index (χ2v) is 3.90. The molecular weight excluding hydrogens is 214 g/mol. The van der Waals surface area contributed by atoms with Gasteiger partial charge in [-0.05, 0) is 18.6 Å². The van der Waals surface area contributed by atoms with Crippen LogP contribution in [0.5, 0.6) is 0 Å². The third-order valence-corrected chi connectivity index (χ3v) is 2.73. The van der Waals surface area contributed by atoms with Gasteiger partial charge < -0.3 is 15.0 Å². The van der Waals surface area contributed by atoms with E-state index in [1.165, 1.54) is 0 Å². The average Bonchev–Trinajstić information content (AvgIpc) is 2.71. The largest absolute Gasteiger partial charge is 0.383 e. The number of nitrogens with two attached hydrogens (primary N) is 1. The molecule has 0 spiro atoms. The van der Waals surface area contributed by atoms with Crippen molar-refractivity contribution in [3.63, 3.8) is 0 Å². The first-order valence-electron chi connectivity index (χ1n) is 5.65. The van der Waals surface area contributed by atoms with E-state index in [1.54, 1.807) is 13.4 Å². The highest BCUT2D eigenvalue weighted by molar-refractivity contribution is 5.70. The molecule has 1 aromatic carbocycles. The van der Waals surface area contributed by atoms with Gasteiger partial charge in [-0.15, -0.1) is 0 Å². The number of aryl methyl sites for hydroxylation is 1. The number of nitrogens with zero attached hydrogens (tertiary/aromatic N) is 2. The minimum atomic E-state index is 0.599. The van der Waals surface area contributed by atoms with Crippen LogP contribution in [-0.4, -0.2) is 16.7 Å². The van der Waals surface area contributed by atoms with Crippen LogP contribution in [0.1, 0.15) is 12.5 Å². The molecular formula is C13H17N3O. The van der Waals surface area contributed by atoms with Crippen molar-refractivity contribution >= 4 is 5.82 Å². The molecule has 0 saturated heterocycles. The molecule has 4 nitrogen and oxygen atoms in total. The van der Waals surface area contributed by atoms with Gasteiger partial charge in [0.15, 0.2) is 0 Å². The summed E-state index contributed by atoms with van der Waals surface area (Å²) in [6.07, 6.45) is 1.77. The van der Waals surface area contributed by atoms with Crippen LogP contribution in [0.25, 0.3) is 11.3 Å². The number of rotatable bonds is 4. The fourth-order valence-corrected chi connectivity index (χ4v) is 1.84. The lowest BCUT2D eigenvalue weighted by Crippen LogP contribution is -1.99. The van der Waals surface area contributed by atoms with Crippen molar-refractivity contribution in [2.24, 2.45) is 0 Å². The van der Waals surface area contributed by atoms with Crippen LogP contribution >= 0.6 is 0 Å². The van der Waals surface area contributed by atoms with Crippen LogP contribution in [0.3, 0.4) is 0 Å². The third-order valence-electron chi connectivity index (χ3n) is 2.73. The molecule has 2 rings (SSSR count). The Labute approximate surface area is 101 Å². The zero-order chi connectivity index (χ0) is 12.3. The minimum absolute atomic E-state index is 0.599. The molecule has 0 saturated carbocycles. The van der Waals surface area contributed by atoms with Crippen LogP contribution in [0.15, 0.2) is 30.6 Å². The molecule has 2 aromatic rings. The number of hydrogen-bond acceptors (Lipinski definition) is 3. The molecule has 0 amide bonds. The average molecular weight is 231 g/mol. The van der Waals surface area contributed by atoms with Gasteiger partial charge in [-0.1, -0.05) is 18.2 Å². The molecule has 2 N–H and O–H groups in total. The van der Waals surface area contributed by atoms with Crippen LogP contribution in [-0.2, 0) is 17.9 Å². The maximum atomic E-state index is 6.04. The maximum absolute atomic E-state index is 6.04. The monoisotopic (exact) mass is 231 g/mol.